The topological polar surface area (TPSA) is 60.7 Å². The minimum Gasteiger partial charge on any atom is -0.510 e. The lowest BCUT2D eigenvalue weighted by molar-refractivity contribution is 0.0867. The van der Waals surface area contributed by atoms with Crippen LogP contribution in [0, 0.1) is 0 Å². The minimum absolute atomic E-state index is 0.140. The van der Waals surface area contributed by atoms with E-state index in [9.17, 15) is 0 Å². The summed E-state index contributed by atoms with van der Waals surface area (Å²) in [4.78, 5) is 0. The first-order valence-electron chi connectivity index (χ1n) is 2.96. The van der Waals surface area contributed by atoms with E-state index in [4.69, 9.17) is 15.3 Å². The summed E-state index contributed by atoms with van der Waals surface area (Å²) in [6, 6.07) is 0. The molecule has 0 aliphatic carbocycles. The molecule has 4 heteroatoms. The van der Waals surface area contributed by atoms with E-state index in [1.807, 2.05) is 0 Å². The Balaban J connectivity index is 3.67. The number of aliphatic hydroxyl groups excluding tert-OH is 3. The molecule has 0 rings (SSSR count). The van der Waals surface area contributed by atoms with Gasteiger partial charge in [0.2, 0.25) is 0 Å². The Morgan fingerprint density at radius 1 is 1.60 bits per heavy atom. The highest BCUT2D eigenvalue weighted by atomic mass is 127. The van der Waals surface area contributed by atoms with Crippen molar-refractivity contribution < 1.29 is 15.3 Å². The lowest BCUT2D eigenvalue weighted by Crippen LogP contribution is -2.14. The van der Waals surface area contributed by atoms with Crippen LogP contribution in [0.25, 0.3) is 0 Å². The van der Waals surface area contributed by atoms with Crippen molar-refractivity contribution in [2.45, 2.75) is 12.5 Å². The van der Waals surface area contributed by atoms with Crippen molar-refractivity contribution >= 4 is 22.6 Å². The Morgan fingerprint density at radius 3 is 2.60 bits per heavy atom. The number of allylic oxidation sites excluding steroid dienone is 1. The van der Waals surface area contributed by atoms with Crippen LogP contribution >= 0.6 is 22.6 Å². The third-order valence-electron chi connectivity index (χ3n) is 0.977. The van der Waals surface area contributed by atoms with Crippen molar-refractivity contribution in [3.05, 3.63) is 11.8 Å². The van der Waals surface area contributed by atoms with E-state index in [1.165, 1.54) is 6.08 Å². The van der Waals surface area contributed by atoms with Gasteiger partial charge in [0.25, 0.3) is 0 Å². The van der Waals surface area contributed by atoms with Crippen molar-refractivity contribution in [2.24, 2.45) is 0 Å². The van der Waals surface area contributed by atoms with Gasteiger partial charge in [-0.05, 0) is 12.5 Å². The fourth-order valence-electron chi connectivity index (χ4n) is 0.432. The molecule has 1 unspecified atom stereocenters. The predicted molar refractivity (Wildman–Crippen MR) is 47.3 cm³/mol. The van der Waals surface area contributed by atoms with E-state index in [0.717, 1.165) is 4.43 Å². The predicted octanol–water partition coefficient (Wildman–Crippen LogP) is 0.607. The average Bonchev–Trinajstić information content (AvgIpc) is 1.98. The van der Waals surface area contributed by atoms with Crippen LogP contribution in [-0.2, 0) is 0 Å². The fraction of sp³-hybridized carbons (Fsp3) is 0.667. The summed E-state index contributed by atoms with van der Waals surface area (Å²) in [5.41, 5.74) is 0. The molecule has 1 atom stereocenters. The molecular formula is C6H11IO3. The second-order valence-corrected chi connectivity index (χ2v) is 2.88. The molecule has 0 aromatic rings. The van der Waals surface area contributed by atoms with Crippen LogP contribution < -0.4 is 0 Å². The molecule has 0 spiro atoms. The van der Waals surface area contributed by atoms with Crippen molar-refractivity contribution in [3.63, 3.8) is 0 Å². The van der Waals surface area contributed by atoms with Crippen LogP contribution in [0.2, 0.25) is 0 Å². The first-order chi connectivity index (χ1) is 4.72. The molecule has 3 N–H and O–H groups in total. The zero-order valence-electron chi connectivity index (χ0n) is 5.50. The van der Waals surface area contributed by atoms with Gasteiger partial charge < -0.3 is 15.3 Å². The van der Waals surface area contributed by atoms with Gasteiger partial charge in [-0.3, -0.25) is 0 Å². The summed E-state index contributed by atoms with van der Waals surface area (Å²) in [6.45, 7) is -0.427. The van der Waals surface area contributed by atoms with E-state index in [2.05, 4.69) is 22.6 Å². The highest BCUT2D eigenvalue weighted by Crippen LogP contribution is 2.00. The molecule has 0 bridgehead atoms. The quantitative estimate of drug-likeness (QED) is 0.393. The first-order valence-corrected chi connectivity index (χ1v) is 4.48. The third-order valence-corrected chi connectivity index (χ3v) is 1.60. The van der Waals surface area contributed by atoms with E-state index in [0.29, 0.717) is 6.42 Å². The first kappa shape index (κ1) is 10.2. The average molecular weight is 258 g/mol. The van der Waals surface area contributed by atoms with Gasteiger partial charge in [-0.15, -0.1) is 0 Å². The molecular weight excluding hydrogens is 247 g/mol. The van der Waals surface area contributed by atoms with Crippen molar-refractivity contribution in [1.29, 1.82) is 0 Å². The molecule has 0 aromatic heterocycles. The molecule has 0 aliphatic rings. The molecule has 0 saturated heterocycles. The van der Waals surface area contributed by atoms with Crippen LogP contribution in [0.4, 0.5) is 0 Å². The molecule has 0 radical (unpaired) electrons. The van der Waals surface area contributed by atoms with Gasteiger partial charge in [0.15, 0.2) is 0 Å². The second-order valence-electron chi connectivity index (χ2n) is 1.81. The van der Waals surface area contributed by atoms with E-state index in [1.54, 1.807) is 0 Å². The van der Waals surface area contributed by atoms with Gasteiger partial charge in [0.1, 0.15) is 11.9 Å². The van der Waals surface area contributed by atoms with E-state index in [-0.39, 0.29) is 5.76 Å². The summed E-state index contributed by atoms with van der Waals surface area (Å²) < 4.78 is 0.889. The van der Waals surface area contributed by atoms with Crippen LogP contribution in [0.3, 0.4) is 0 Å². The number of halogens is 1. The number of hydrogen-bond acceptors (Lipinski definition) is 3. The molecule has 0 aliphatic heterocycles. The molecule has 0 saturated carbocycles. The summed E-state index contributed by atoms with van der Waals surface area (Å²) in [5, 5.41) is 26.0. The molecule has 3 nitrogen and oxygen atoms in total. The van der Waals surface area contributed by atoms with Crippen LogP contribution in [0.15, 0.2) is 11.8 Å². The minimum atomic E-state index is -1.11. The van der Waals surface area contributed by atoms with E-state index >= 15 is 0 Å². The molecule has 0 heterocycles. The summed E-state index contributed by atoms with van der Waals surface area (Å²) in [6.07, 6.45) is 1.11. The lowest BCUT2D eigenvalue weighted by atomic mass is 10.3. The van der Waals surface area contributed by atoms with E-state index < -0.39 is 12.7 Å². The maximum absolute atomic E-state index is 8.90. The van der Waals surface area contributed by atoms with Gasteiger partial charge in [-0.2, -0.15) is 0 Å². The Bertz CT molecular complexity index is 114. The Labute approximate surface area is 73.5 Å². The molecule has 0 amide bonds. The number of rotatable bonds is 4. The maximum Gasteiger partial charge on any atom is 0.133 e. The normalized spacial score (nSPS) is 15.3. The van der Waals surface area contributed by atoms with Gasteiger partial charge in [0, 0.05) is 4.43 Å². The molecule has 0 fully saturated rings. The van der Waals surface area contributed by atoms with Crippen molar-refractivity contribution in [1.82, 2.24) is 0 Å². The zero-order chi connectivity index (χ0) is 7.98. The zero-order valence-corrected chi connectivity index (χ0v) is 7.65. The van der Waals surface area contributed by atoms with Crippen LogP contribution in [-0.4, -0.2) is 32.5 Å². The Kier molecular flexibility index (Phi) is 6.05. The van der Waals surface area contributed by atoms with Gasteiger partial charge in [-0.1, -0.05) is 22.6 Å². The Hall–Kier alpha value is 0.190. The molecule has 60 valence electrons. The SMILES string of the molecule is OCC(O)C(O)=CCCI. The maximum atomic E-state index is 8.90. The molecule has 0 aromatic carbocycles. The van der Waals surface area contributed by atoms with Crippen LogP contribution in [0.5, 0.6) is 0 Å². The van der Waals surface area contributed by atoms with Crippen molar-refractivity contribution in [2.75, 3.05) is 11.0 Å². The van der Waals surface area contributed by atoms with Gasteiger partial charge >= 0.3 is 0 Å². The molecule has 10 heavy (non-hydrogen) atoms. The van der Waals surface area contributed by atoms with Crippen LogP contribution in [0.1, 0.15) is 6.42 Å². The lowest BCUT2D eigenvalue weighted by Gasteiger charge is -2.04. The van der Waals surface area contributed by atoms with Crippen molar-refractivity contribution in [3.8, 4) is 0 Å². The fourth-order valence-corrected chi connectivity index (χ4v) is 0.743. The number of alkyl halides is 1. The highest BCUT2D eigenvalue weighted by molar-refractivity contribution is 14.1. The third kappa shape index (κ3) is 4.08. The summed E-state index contributed by atoms with van der Waals surface area (Å²) in [7, 11) is 0. The second kappa shape index (κ2) is 5.94. The Morgan fingerprint density at radius 2 is 2.20 bits per heavy atom. The van der Waals surface area contributed by atoms with Gasteiger partial charge in [-0.25, -0.2) is 0 Å². The monoisotopic (exact) mass is 258 g/mol. The standard InChI is InChI=1S/C6H11IO3/c7-3-1-2-5(9)6(10)4-8/h2,6,8-10H,1,3-4H2. The smallest absolute Gasteiger partial charge is 0.133 e. The summed E-state index contributed by atoms with van der Waals surface area (Å²) in [5.74, 6) is -0.140. The number of hydrogen-bond donors (Lipinski definition) is 3. The number of aliphatic hydroxyl groups is 3. The largest absolute Gasteiger partial charge is 0.510 e. The van der Waals surface area contributed by atoms with Gasteiger partial charge in [0.05, 0.1) is 6.61 Å². The summed E-state index contributed by atoms with van der Waals surface area (Å²) >= 11 is 2.16. The highest BCUT2D eigenvalue weighted by Gasteiger charge is 2.05.